The summed E-state index contributed by atoms with van der Waals surface area (Å²) in [4.78, 5) is 6.50. The van der Waals surface area contributed by atoms with Gasteiger partial charge in [0.25, 0.3) is 0 Å². The zero-order valence-electron chi connectivity index (χ0n) is 8.10. The Balaban J connectivity index is 2.88. The normalized spacial score (nSPS) is 8.00. The highest BCUT2D eigenvalue weighted by Gasteiger charge is 1.97. The molecule has 5 nitrogen and oxygen atoms in total. The van der Waals surface area contributed by atoms with Gasteiger partial charge in [0.2, 0.25) is 0 Å². The lowest BCUT2D eigenvalue weighted by Crippen LogP contribution is -1.89. The fraction of sp³-hybridized carbons (Fsp3) is 0.200. The maximum atomic E-state index is 8.65. The Bertz CT molecular complexity index is 509. The van der Waals surface area contributed by atoms with Crippen LogP contribution in [0, 0.1) is 30.1 Å². The number of nitrogens with zero attached hydrogens (tertiary/aromatic N) is 5. The van der Waals surface area contributed by atoms with Gasteiger partial charge in [-0.05, 0) is 24.1 Å². The Morgan fingerprint density at radius 3 is 3.07 bits per heavy atom. The van der Waals surface area contributed by atoms with Crippen molar-refractivity contribution in [1.82, 2.24) is 4.98 Å². The summed E-state index contributed by atoms with van der Waals surface area (Å²) in [6.45, 7) is 1.93. The standard InChI is InChI=1S/C10H7N5/c1-8-5-9(3-2-4-14-15-12)7-13-10(8)6-11/h5,7H,4H2,1H3. The Morgan fingerprint density at radius 2 is 2.47 bits per heavy atom. The van der Waals surface area contributed by atoms with Crippen molar-refractivity contribution in [2.24, 2.45) is 5.11 Å². The Morgan fingerprint density at radius 1 is 1.67 bits per heavy atom. The molecule has 0 aromatic carbocycles. The first-order valence-electron chi connectivity index (χ1n) is 4.14. The van der Waals surface area contributed by atoms with Crippen LogP contribution in [0.3, 0.4) is 0 Å². The third-order valence-corrected chi connectivity index (χ3v) is 1.63. The molecule has 0 spiro atoms. The predicted octanol–water partition coefficient (Wildman–Crippen LogP) is 1.92. The van der Waals surface area contributed by atoms with Gasteiger partial charge in [-0.25, -0.2) is 4.98 Å². The van der Waals surface area contributed by atoms with Gasteiger partial charge >= 0.3 is 0 Å². The molecule has 0 N–H and O–H groups in total. The smallest absolute Gasteiger partial charge is 0.143 e. The van der Waals surface area contributed by atoms with E-state index in [0.717, 1.165) is 5.56 Å². The van der Waals surface area contributed by atoms with E-state index in [4.69, 9.17) is 10.8 Å². The van der Waals surface area contributed by atoms with Crippen LogP contribution in [-0.2, 0) is 0 Å². The largest absolute Gasteiger partial charge is 0.244 e. The van der Waals surface area contributed by atoms with E-state index in [1.807, 2.05) is 6.07 Å². The Hall–Kier alpha value is -2.49. The van der Waals surface area contributed by atoms with Crippen LogP contribution < -0.4 is 0 Å². The summed E-state index contributed by atoms with van der Waals surface area (Å²) in [5, 5.41) is 11.9. The van der Waals surface area contributed by atoms with Crippen LogP contribution >= 0.6 is 0 Å². The van der Waals surface area contributed by atoms with Crippen LogP contribution in [0.1, 0.15) is 16.8 Å². The molecule has 0 fully saturated rings. The first kappa shape index (κ1) is 10.6. The molecule has 0 aliphatic heterocycles. The summed E-state index contributed by atoms with van der Waals surface area (Å²) in [6.07, 6.45) is 1.52. The van der Waals surface area contributed by atoms with Gasteiger partial charge in [0.1, 0.15) is 11.8 Å². The third-order valence-electron chi connectivity index (χ3n) is 1.63. The lowest BCUT2D eigenvalue weighted by atomic mass is 10.1. The molecule has 15 heavy (non-hydrogen) atoms. The first-order valence-corrected chi connectivity index (χ1v) is 4.14. The molecule has 1 aromatic heterocycles. The minimum absolute atomic E-state index is 0.134. The van der Waals surface area contributed by atoms with Crippen LogP contribution in [0.15, 0.2) is 17.4 Å². The van der Waals surface area contributed by atoms with Crippen molar-refractivity contribution >= 4 is 0 Å². The minimum Gasteiger partial charge on any atom is -0.244 e. The predicted molar refractivity (Wildman–Crippen MR) is 54.6 cm³/mol. The van der Waals surface area contributed by atoms with Crippen LogP contribution in [0.2, 0.25) is 0 Å². The van der Waals surface area contributed by atoms with Crippen molar-refractivity contribution in [3.05, 3.63) is 39.5 Å². The number of aryl methyl sites for hydroxylation is 1. The lowest BCUT2D eigenvalue weighted by Gasteiger charge is -1.95. The summed E-state index contributed by atoms with van der Waals surface area (Å²) < 4.78 is 0. The number of hydrogen-bond acceptors (Lipinski definition) is 3. The van der Waals surface area contributed by atoms with E-state index in [0.29, 0.717) is 11.3 Å². The molecule has 0 unspecified atom stereocenters. The molecule has 1 heterocycles. The van der Waals surface area contributed by atoms with Gasteiger partial charge < -0.3 is 0 Å². The van der Waals surface area contributed by atoms with Crippen molar-refractivity contribution < 1.29 is 0 Å². The van der Waals surface area contributed by atoms with E-state index >= 15 is 0 Å². The molecule has 0 atom stereocenters. The fourth-order valence-corrected chi connectivity index (χ4v) is 0.969. The van der Waals surface area contributed by atoms with E-state index in [1.54, 1.807) is 13.0 Å². The molecule has 0 aliphatic rings. The number of nitriles is 1. The maximum Gasteiger partial charge on any atom is 0.143 e. The van der Waals surface area contributed by atoms with Gasteiger partial charge in [0, 0.05) is 16.7 Å². The quantitative estimate of drug-likeness (QED) is 0.298. The van der Waals surface area contributed by atoms with E-state index in [-0.39, 0.29) is 6.54 Å². The molecule has 72 valence electrons. The summed E-state index contributed by atoms with van der Waals surface area (Å²) in [7, 11) is 0. The van der Waals surface area contributed by atoms with Gasteiger partial charge in [0.05, 0.1) is 6.54 Å². The molecule has 0 bridgehead atoms. The zero-order chi connectivity index (χ0) is 11.1. The Labute approximate surface area is 87.0 Å². The van der Waals surface area contributed by atoms with Crippen molar-refractivity contribution in [1.29, 1.82) is 5.26 Å². The molecule has 0 amide bonds. The Kier molecular flexibility index (Phi) is 3.73. The molecule has 0 saturated carbocycles. The van der Waals surface area contributed by atoms with Crippen molar-refractivity contribution in [3.8, 4) is 17.9 Å². The molecule has 0 saturated heterocycles. The van der Waals surface area contributed by atoms with E-state index < -0.39 is 0 Å². The molecule has 5 heteroatoms. The summed E-state index contributed by atoms with van der Waals surface area (Å²) in [6, 6.07) is 3.75. The summed E-state index contributed by atoms with van der Waals surface area (Å²) in [5.41, 5.74) is 9.91. The molecule has 0 aliphatic carbocycles. The van der Waals surface area contributed by atoms with Gasteiger partial charge in [-0.3, -0.25) is 0 Å². The van der Waals surface area contributed by atoms with Crippen molar-refractivity contribution in [3.63, 3.8) is 0 Å². The van der Waals surface area contributed by atoms with Crippen LogP contribution in [0.25, 0.3) is 10.4 Å². The van der Waals surface area contributed by atoms with E-state index in [9.17, 15) is 0 Å². The minimum atomic E-state index is 0.134. The lowest BCUT2D eigenvalue weighted by molar-refractivity contribution is 1.20. The number of hydrogen-bond donors (Lipinski definition) is 0. The molecule has 0 radical (unpaired) electrons. The molecule has 1 rings (SSSR count). The highest BCUT2D eigenvalue weighted by atomic mass is 15.1. The van der Waals surface area contributed by atoms with Crippen molar-refractivity contribution in [2.45, 2.75) is 6.92 Å². The molecule has 1 aromatic rings. The number of rotatable bonds is 1. The van der Waals surface area contributed by atoms with Gasteiger partial charge in [0.15, 0.2) is 0 Å². The summed E-state index contributed by atoms with van der Waals surface area (Å²) in [5.74, 6) is 5.46. The number of aromatic nitrogens is 1. The second-order valence-electron chi connectivity index (χ2n) is 2.69. The average molecular weight is 197 g/mol. The first-order chi connectivity index (χ1) is 7.27. The zero-order valence-corrected chi connectivity index (χ0v) is 8.10. The van der Waals surface area contributed by atoms with Crippen molar-refractivity contribution in [2.75, 3.05) is 6.54 Å². The maximum absolute atomic E-state index is 8.65. The second-order valence-corrected chi connectivity index (χ2v) is 2.69. The fourth-order valence-electron chi connectivity index (χ4n) is 0.969. The van der Waals surface area contributed by atoms with E-state index in [2.05, 4.69) is 26.9 Å². The monoisotopic (exact) mass is 197 g/mol. The SMILES string of the molecule is Cc1cc(C#CCN=[N+]=[N-])cnc1C#N. The second kappa shape index (κ2) is 5.29. The third kappa shape index (κ3) is 3.04. The van der Waals surface area contributed by atoms with Gasteiger partial charge in [-0.2, -0.15) is 5.26 Å². The van der Waals surface area contributed by atoms with Crippen LogP contribution in [0.4, 0.5) is 0 Å². The van der Waals surface area contributed by atoms with Gasteiger partial charge in [-0.1, -0.05) is 17.0 Å². The average Bonchev–Trinajstić information content (AvgIpc) is 2.25. The summed E-state index contributed by atoms with van der Waals surface area (Å²) >= 11 is 0. The van der Waals surface area contributed by atoms with Gasteiger partial charge in [-0.15, -0.1) is 0 Å². The number of azide groups is 1. The van der Waals surface area contributed by atoms with Crippen LogP contribution in [0.5, 0.6) is 0 Å². The molecular weight excluding hydrogens is 190 g/mol. The number of pyridine rings is 1. The highest BCUT2D eigenvalue weighted by molar-refractivity contribution is 5.40. The topological polar surface area (TPSA) is 85.4 Å². The van der Waals surface area contributed by atoms with E-state index in [1.165, 1.54) is 6.20 Å². The van der Waals surface area contributed by atoms with Crippen LogP contribution in [-0.4, -0.2) is 11.5 Å². The highest BCUT2D eigenvalue weighted by Crippen LogP contribution is 2.05. The molecular formula is C10H7N5.